The Morgan fingerprint density at radius 3 is 2.53 bits per heavy atom. The minimum absolute atomic E-state index is 0.0800. The molecule has 2 heterocycles. The van der Waals surface area contributed by atoms with Gasteiger partial charge in [-0.05, 0) is 28.2 Å². The average molecular weight is 445 g/mol. The number of fused-ring (bicyclic) bond motifs is 1. The number of carbonyl (C=O) groups is 1. The molecule has 0 aliphatic rings. The van der Waals surface area contributed by atoms with Gasteiger partial charge in [0.15, 0.2) is 0 Å². The molecule has 0 saturated heterocycles. The molecular formula is C25H24N4O2S. The Morgan fingerprint density at radius 2 is 1.84 bits per heavy atom. The average Bonchev–Trinajstić information content (AvgIpc) is 3.21. The lowest BCUT2D eigenvalue weighted by Gasteiger charge is -2.18. The van der Waals surface area contributed by atoms with Crippen LogP contribution in [0.5, 0.6) is 0 Å². The summed E-state index contributed by atoms with van der Waals surface area (Å²) in [6, 6.07) is 19.7. The molecule has 2 aromatic heterocycles. The highest BCUT2D eigenvalue weighted by Gasteiger charge is 2.13. The smallest absolute Gasteiger partial charge is 0.262 e. The fraction of sp³-hybridized carbons (Fsp3) is 0.200. The number of nitrogens with zero attached hydrogens (tertiary/aromatic N) is 3. The number of benzene rings is 2. The number of thiophene rings is 1. The number of hydrazone groups is 1. The summed E-state index contributed by atoms with van der Waals surface area (Å²) in [5.74, 6) is -0.394. The molecule has 0 aliphatic heterocycles. The van der Waals surface area contributed by atoms with Crippen molar-refractivity contribution in [2.45, 2.75) is 32.7 Å². The lowest BCUT2D eigenvalue weighted by atomic mass is 9.87. The van der Waals surface area contributed by atoms with Crippen molar-refractivity contribution < 1.29 is 4.79 Å². The first-order valence-corrected chi connectivity index (χ1v) is 11.1. The predicted molar refractivity (Wildman–Crippen MR) is 130 cm³/mol. The van der Waals surface area contributed by atoms with Crippen molar-refractivity contribution in [3.63, 3.8) is 0 Å². The van der Waals surface area contributed by atoms with Crippen LogP contribution in [0.3, 0.4) is 0 Å². The number of rotatable bonds is 5. The minimum Gasteiger partial charge on any atom is -0.289 e. The summed E-state index contributed by atoms with van der Waals surface area (Å²) in [6.07, 6.45) is 2.99. The van der Waals surface area contributed by atoms with Gasteiger partial charge in [0, 0.05) is 4.88 Å². The molecule has 32 heavy (non-hydrogen) atoms. The Kier molecular flexibility index (Phi) is 6.01. The molecule has 0 fully saturated rings. The molecule has 0 radical (unpaired) electrons. The molecule has 0 bridgehead atoms. The van der Waals surface area contributed by atoms with Gasteiger partial charge in [-0.25, -0.2) is 10.4 Å². The summed E-state index contributed by atoms with van der Waals surface area (Å²) in [5, 5.41) is 4.51. The number of carbonyl (C=O) groups excluding carboxylic acids is 1. The van der Waals surface area contributed by atoms with Gasteiger partial charge in [0.25, 0.3) is 11.5 Å². The van der Waals surface area contributed by atoms with Crippen LogP contribution in [0.15, 0.2) is 76.9 Å². The molecule has 0 spiro atoms. The van der Waals surface area contributed by atoms with Gasteiger partial charge < -0.3 is 0 Å². The number of hydrogen-bond acceptors (Lipinski definition) is 5. The van der Waals surface area contributed by atoms with Gasteiger partial charge in [-0.3, -0.25) is 14.2 Å². The maximum absolute atomic E-state index is 12.8. The third-order valence-electron chi connectivity index (χ3n) is 5.07. The Hall–Kier alpha value is -3.58. The van der Waals surface area contributed by atoms with Gasteiger partial charge in [-0.15, -0.1) is 11.3 Å². The first-order valence-electron chi connectivity index (χ1n) is 10.3. The number of aromatic nitrogens is 2. The van der Waals surface area contributed by atoms with Crippen LogP contribution in [0, 0.1) is 0 Å². The number of hydrogen-bond donors (Lipinski definition) is 1. The number of amides is 1. The first kappa shape index (κ1) is 21.6. The summed E-state index contributed by atoms with van der Waals surface area (Å²) >= 11 is 1.46. The second-order valence-corrected chi connectivity index (χ2v) is 9.57. The second kappa shape index (κ2) is 8.88. The van der Waals surface area contributed by atoms with Gasteiger partial charge in [0.1, 0.15) is 11.4 Å². The third-order valence-corrected chi connectivity index (χ3v) is 6.16. The van der Waals surface area contributed by atoms with Crippen molar-refractivity contribution in [2.75, 3.05) is 0 Å². The maximum atomic E-state index is 12.8. The highest BCUT2D eigenvalue weighted by atomic mass is 32.1. The largest absolute Gasteiger partial charge is 0.289 e. The molecule has 7 heteroatoms. The summed E-state index contributed by atoms with van der Waals surface area (Å²) in [6.45, 7) is 6.31. The van der Waals surface area contributed by atoms with Crippen molar-refractivity contribution in [3.05, 3.63) is 88.5 Å². The Bertz CT molecular complexity index is 1330. The molecule has 1 N–H and O–H groups in total. The summed E-state index contributed by atoms with van der Waals surface area (Å²) in [5.41, 5.74) is 5.45. The van der Waals surface area contributed by atoms with Crippen LogP contribution in [-0.2, 0) is 16.8 Å². The fourth-order valence-corrected chi connectivity index (χ4v) is 4.25. The van der Waals surface area contributed by atoms with Crippen molar-refractivity contribution in [2.24, 2.45) is 5.10 Å². The lowest BCUT2D eigenvalue weighted by molar-refractivity contribution is -0.121. The van der Waals surface area contributed by atoms with E-state index in [1.165, 1.54) is 27.8 Å². The van der Waals surface area contributed by atoms with E-state index in [0.29, 0.717) is 10.2 Å². The van der Waals surface area contributed by atoms with Gasteiger partial charge in [0.05, 0.1) is 17.9 Å². The molecule has 4 rings (SSSR count). The molecule has 0 saturated carbocycles. The van der Waals surface area contributed by atoms with E-state index < -0.39 is 5.91 Å². The normalized spacial score (nSPS) is 11.8. The molecule has 6 nitrogen and oxygen atoms in total. The fourth-order valence-electron chi connectivity index (χ4n) is 3.26. The predicted octanol–water partition coefficient (Wildman–Crippen LogP) is 4.57. The van der Waals surface area contributed by atoms with Gasteiger partial charge in [-0.1, -0.05) is 75.4 Å². The monoisotopic (exact) mass is 444 g/mol. The van der Waals surface area contributed by atoms with E-state index in [2.05, 4.69) is 36.3 Å². The topological polar surface area (TPSA) is 76.3 Å². The zero-order valence-electron chi connectivity index (χ0n) is 18.2. The highest BCUT2D eigenvalue weighted by Crippen LogP contribution is 2.30. The van der Waals surface area contributed by atoms with Gasteiger partial charge in [-0.2, -0.15) is 5.10 Å². The Balaban J connectivity index is 1.44. The zero-order chi connectivity index (χ0) is 22.7. The van der Waals surface area contributed by atoms with E-state index >= 15 is 0 Å². The van der Waals surface area contributed by atoms with Crippen LogP contribution in [-0.4, -0.2) is 21.7 Å². The SMILES string of the molecule is CC(C)(C)c1ccc(C=NNC(=O)Cn2cnc3sc(-c4ccccc4)cc3c2=O)cc1. The van der Waals surface area contributed by atoms with Crippen LogP contribution in [0.2, 0.25) is 0 Å². The van der Waals surface area contributed by atoms with E-state index in [0.717, 1.165) is 16.0 Å². The minimum atomic E-state index is -0.394. The molecule has 0 aliphatic carbocycles. The molecule has 0 unspecified atom stereocenters. The first-order chi connectivity index (χ1) is 15.3. The van der Waals surface area contributed by atoms with E-state index in [1.807, 2.05) is 60.7 Å². The summed E-state index contributed by atoms with van der Waals surface area (Å²) in [7, 11) is 0. The molecule has 162 valence electrons. The van der Waals surface area contributed by atoms with Crippen molar-refractivity contribution in [3.8, 4) is 10.4 Å². The van der Waals surface area contributed by atoms with Crippen molar-refractivity contribution in [1.29, 1.82) is 0 Å². The van der Waals surface area contributed by atoms with Crippen LogP contribution in [0.1, 0.15) is 31.9 Å². The van der Waals surface area contributed by atoms with Gasteiger partial charge in [0.2, 0.25) is 0 Å². The van der Waals surface area contributed by atoms with Gasteiger partial charge >= 0.3 is 0 Å². The second-order valence-electron chi connectivity index (χ2n) is 8.54. The lowest BCUT2D eigenvalue weighted by Crippen LogP contribution is -2.29. The van der Waals surface area contributed by atoms with E-state index in [9.17, 15) is 9.59 Å². The van der Waals surface area contributed by atoms with E-state index in [-0.39, 0.29) is 17.5 Å². The van der Waals surface area contributed by atoms with Crippen LogP contribution in [0.25, 0.3) is 20.7 Å². The summed E-state index contributed by atoms with van der Waals surface area (Å²) in [4.78, 5) is 31.1. The Labute approximate surface area is 190 Å². The molecule has 0 atom stereocenters. The Morgan fingerprint density at radius 1 is 1.12 bits per heavy atom. The quantitative estimate of drug-likeness (QED) is 0.362. The molecule has 1 amide bonds. The van der Waals surface area contributed by atoms with E-state index in [1.54, 1.807) is 6.21 Å². The van der Waals surface area contributed by atoms with Crippen molar-refractivity contribution >= 4 is 33.7 Å². The third kappa shape index (κ3) is 4.84. The number of nitrogens with one attached hydrogen (secondary N) is 1. The van der Waals surface area contributed by atoms with Crippen LogP contribution < -0.4 is 11.0 Å². The molecule has 4 aromatic rings. The molecule has 2 aromatic carbocycles. The zero-order valence-corrected chi connectivity index (χ0v) is 19.0. The molecular weight excluding hydrogens is 420 g/mol. The van der Waals surface area contributed by atoms with Crippen LogP contribution >= 0.6 is 11.3 Å². The standard InChI is InChI=1S/C25H24N4O2S/c1-25(2,3)19-11-9-17(10-12-19)14-27-28-22(30)15-29-16-26-23-20(24(29)31)13-21(32-23)18-7-5-4-6-8-18/h4-14,16H,15H2,1-3H3,(H,28,30). The van der Waals surface area contributed by atoms with Crippen LogP contribution in [0.4, 0.5) is 0 Å². The van der Waals surface area contributed by atoms with E-state index in [4.69, 9.17) is 0 Å². The summed E-state index contributed by atoms with van der Waals surface area (Å²) < 4.78 is 1.30. The maximum Gasteiger partial charge on any atom is 0.262 e. The van der Waals surface area contributed by atoms with Crippen molar-refractivity contribution in [1.82, 2.24) is 15.0 Å². The highest BCUT2D eigenvalue weighted by molar-refractivity contribution is 7.21.